The lowest BCUT2D eigenvalue weighted by molar-refractivity contribution is 0.534. The Balaban J connectivity index is 0.00000162. The molecule has 1 aliphatic heterocycles. The molecule has 2 rings (SSSR count). The van der Waals surface area contributed by atoms with Crippen molar-refractivity contribution >= 4 is 41.5 Å². The van der Waals surface area contributed by atoms with E-state index in [0.29, 0.717) is 5.02 Å². The Hall–Kier alpha value is -0.560. The first-order valence-corrected chi connectivity index (χ1v) is 5.98. The van der Waals surface area contributed by atoms with Crippen molar-refractivity contribution in [1.29, 1.82) is 0 Å². The Labute approximate surface area is 128 Å². The molecule has 1 aromatic carbocycles. The summed E-state index contributed by atoms with van der Waals surface area (Å²) < 4.78 is 12.8. The summed E-state index contributed by atoms with van der Waals surface area (Å²) in [5.74, 6) is 0.620. The molecule has 0 atom stereocenters. The molecule has 0 spiro atoms. The van der Waals surface area contributed by atoms with Crippen LogP contribution in [0.5, 0.6) is 0 Å². The molecule has 0 saturated carbocycles. The molecule has 0 radical (unpaired) electrons. The van der Waals surface area contributed by atoms with Crippen molar-refractivity contribution < 1.29 is 4.39 Å². The third-order valence-electron chi connectivity index (χ3n) is 2.75. The molecule has 0 saturated heterocycles. The summed E-state index contributed by atoms with van der Waals surface area (Å²) in [5.41, 5.74) is 0.946. The minimum absolute atomic E-state index is 0. The fraction of sp³-hybridized carbons (Fsp3) is 0.417. The lowest BCUT2D eigenvalue weighted by Crippen LogP contribution is -2.36. The molecule has 1 heterocycles. The van der Waals surface area contributed by atoms with Crippen LogP contribution in [0.1, 0.15) is 5.56 Å². The minimum atomic E-state index is -0.299. The smallest absolute Gasteiger partial charge is 0.193 e. The van der Waals surface area contributed by atoms with Gasteiger partial charge in [0.1, 0.15) is 5.82 Å². The van der Waals surface area contributed by atoms with Crippen molar-refractivity contribution in [2.45, 2.75) is 6.42 Å². The molecule has 1 N–H and O–H groups in total. The molecular weight excluding hydrogens is 368 g/mol. The highest BCUT2D eigenvalue weighted by atomic mass is 127. The highest BCUT2D eigenvalue weighted by Gasteiger charge is 2.11. The molecule has 0 fully saturated rings. The van der Waals surface area contributed by atoms with Crippen LogP contribution in [0.3, 0.4) is 0 Å². The van der Waals surface area contributed by atoms with Crippen LogP contribution >= 0.6 is 35.6 Å². The van der Waals surface area contributed by atoms with E-state index in [4.69, 9.17) is 11.6 Å². The van der Waals surface area contributed by atoms with Crippen LogP contribution in [0.2, 0.25) is 5.02 Å². The molecule has 0 aromatic heterocycles. The second-order valence-electron chi connectivity index (χ2n) is 4.04. The van der Waals surface area contributed by atoms with E-state index in [2.05, 4.69) is 15.2 Å². The van der Waals surface area contributed by atoms with Gasteiger partial charge in [-0.05, 0) is 24.1 Å². The second kappa shape index (κ2) is 7.13. The number of rotatable bonds is 3. The standard InChI is InChI=1S/C12H15ClFN3.HI/c1-17-7-6-16-12(17)15-5-4-9-2-3-10(14)8-11(9)13;/h2-3,8H,4-7H2,1H3,(H,15,16);1H. The SMILES string of the molecule is CN1CCN=C1NCCc1ccc(F)cc1Cl.I. The molecule has 6 heteroatoms. The first-order valence-electron chi connectivity index (χ1n) is 5.60. The van der Waals surface area contributed by atoms with Gasteiger partial charge < -0.3 is 10.2 Å². The molecular formula is C12H16ClFIN3. The average molecular weight is 384 g/mol. The Bertz CT molecular complexity index is 439. The third-order valence-corrected chi connectivity index (χ3v) is 3.10. The zero-order valence-electron chi connectivity index (χ0n) is 10.1. The number of nitrogens with one attached hydrogen (secondary N) is 1. The number of hydrogen-bond donors (Lipinski definition) is 1. The van der Waals surface area contributed by atoms with E-state index >= 15 is 0 Å². The number of guanidine groups is 1. The largest absolute Gasteiger partial charge is 0.356 e. The highest BCUT2D eigenvalue weighted by Crippen LogP contribution is 2.17. The fourth-order valence-corrected chi connectivity index (χ4v) is 2.02. The van der Waals surface area contributed by atoms with E-state index in [-0.39, 0.29) is 29.8 Å². The molecule has 1 aromatic rings. The van der Waals surface area contributed by atoms with Gasteiger partial charge in [-0.1, -0.05) is 17.7 Å². The van der Waals surface area contributed by atoms with E-state index in [9.17, 15) is 4.39 Å². The number of hydrogen-bond acceptors (Lipinski definition) is 3. The van der Waals surface area contributed by atoms with Crippen molar-refractivity contribution in [3.63, 3.8) is 0 Å². The van der Waals surface area contributed by atoms with E-state index in [0.717, 1.165) is 37.6 Å². The van der Waals surface area contributed by atoms with Gasteiger partial charge in [-0.2, -0.15) is 0 Å². The molecule has 0 aliphatic carbocycles. The van der Waals surface area contributed by atoms with Crippen LogP contribution < -0.4 is 5.32 Å². The van der Waals surface area contributed by atoms with Crippen LogP contribution in [-0.4, -0.2) is 37.5 Å². The van der Waals surface area contributed by atoms with Crippen LogP contribution in [0.4, 0.5) is 4.39 Å². The van der Waals surface area contributed by atoms with Gasteiger partial charge in [-0.25, -0.2) is 4.39 Å². The van der Waals surface area contributed by atoms with Crippen LogP contribution in [0.25, 0.3) is 0 Å². The van der Waals surface area contributed by atoms with Gasteiger partial charge in [0.05, 0.1) is 6.54 Å². The number of nitrogens with zero attached hydrogens (tertiary/aromatic N) is 2. The van der Waals surface area contributed by atoms with Gasteiger partial charge in [0.15, 0.2) is 5.96 Å². The summed E-state index contributed by atoms with van der Waals surface area (Å²) in [7, 11) is 2.00. The van der Waals surface area contributed by atoms with Gasteiger partial charge in [-0.15, -0.1) is 24.0 Å². The highest BCUT2D eigenvalue weighted by molar-refractivity contribution is 14.0. The van der Waals surface area contributed by atoms with Crippen LogP contribution in [-0.2, 0) is 6.42 Å². The zero-order chi connectivity index (χ0) is 12.3. The Kier molecular flexibility index (Phi) is 6.14. The molecule has 0 amide bonds. The van der Waals surface area contributed by atoms with Gasteiger partial charge >= 0.3 is 0 Å². The lowest BCUT2D eigenvalue weighted by atomic mass is 10.1. The van der Waals surface area contributed by atoms with Crippen LogP contribution in [0, 0.1) is 5.82 Å². The van der Waals surface area contributed by atoms with Crippen molar-refractivity contribution in [3.8, 4) is 0 Å². The van der Waals surface area contributed by atoms with Gasteiger partial charge in [0.2, 0.25) is 0 Å². The van der Waals surface area contributed by atoms with Crippen molar-refractivity contribution in [2.75, 3.05) is 26.7 Å². The quantitative estimate of drug-likeness (QED) is 0.812. The summed E-state index contributed by atoms with van der Waals surface area (Å²) in [6.45, 7) is 2.55. The molecule has 3 nitrogen and oxygen atoms in total. The van der Waals surface area contributed by atoms with Crippen LogP contribution in [0.15, 0.2) is 23.2 Å². The van der Waals surface area contributed by atoms with E-state index in [1.165, 1.54) is 12.1 Å². The number of likely N-dealkylation sites (N-methyl/N-ethyl adjacent to an activating group) is 1. The topological polar surface area (TPSA) is 27.6 Å². The maximum Gasteiger partial charge on any atom is 0.193 e. The summed E-state index contributed by atoms with van der Waals surface area (Å²) in [6, 6.07) is 4.50. The second-order valence-corrected chi connectivity index (χ2v) is 4.45. The van der Waals surface area contributed by atoms with Crippen molar-refractivity contribution in [2.24, 2.45) is 4.99 Å². The van der Waals surface area contributed by atoms with Gasteiger partial charge in [-0.3, -0.25) is 4.99 Å². The first-order chi connectivity index (χ1) is 8.16. The average Bonchev–Trinajstić information content (AvgIpc) is 2.68. The maximum absolute atomic E-state index is 12.8. The molecule has 0 bridgehead atoms. The van der Waals surface area contributed by atoms with Crippen molar-refractivity contribution in [3.05, 3.63) is 34.6 Å². The monoisotopic (exact) mass is 383 g/mol. The molecule has 18 heavy (non-hydrogen) atoms. The number of aliphatic imine (C=N–C) groups is 1. The molecule has 100 valence electrons. The van der Waals surface area contributed by atoms with Gasteiger partial charge in [0, 0.05) is 25.2 Å². The summed E-state index contributed by atoms with van der Waals surface area (Å²) in [5, 5.41) is 3.73. The maximum atomic E-state index is 12.8. The Morgan fingerprint density at radius 2 is 2.28 bits per heavy atom. The van der Waals surface area contributed by atoms with E-state index in [1.807, 2.05) is 7.05 Å². The first kappa shape index (κ1) is 15.5. The molecule has 0 unspecified atom stereocenters. The summed E-state index contributed by atoms with van der Waals surface area (Å²) in [6.07, 6.45) is 0.756. The normalized spacial score (nSPS) is 14.2. The molecule has 1 aliphatic rings. The zero-order valence-corrected chi connectivity index (χ0v) is 13.2. The van der Waals surface area contributed by atoms with E-state index < -0.39 is 0 Å². The van der Waals surface area contributed by atoms with Gasteiger partial charge in [0.25, 0.3) is 0 Å². The Morgan fingerprint density at radius 1 is 1.50 bits per heavy atom. The predicted molar refractivity (Wildman–Crippen MR) is 83.5 cm³/mol. The number of benzene rings is 1. The van der Waals surface area contributed by atoms with E-state index in [1.54, 1.807) is 6.07 Å². The van der Waals surface area contributed by atoms with Crippen molar-refractivity contribution in [1.82, 2.24) is 10.2 Å². The summed E-state index contributed by atoms with van der Waals surface area (Å²) >= 11 is 5.95. The third kappa shape index (κ3) is 3.98. The predicted octanol–water partition coefficient (Wildman–Crippen LogP) is 2.53. The summed E-state index contributed by atoms with van der Waals surface area (Å²) in [4.78, 5) is 6.40. The minimum Gasteiger partial charge on any atom is -0.356 e. The fourth-order valence-electron chi connectivity index (χ4n) is 1.76. The Morgan fingerprint density at radius 3 is 2.89 bits per heavy atom. The lowest BCUT2D eigenvalue weighted by Gasteiger charge is -2.15. The number of halogens is 3.